The van der Waals surface area contributed by atoms with Gasteiger partial charge in [0.2, 0.25) is 0 Å². The van der Waals surface area contributed by atoms with Gasteiger partial charge in [-0.25, -0.2) is 4.79 Å². The zero-order chi connectivity index (χ0) is 4.99. The summed E-state index contributed by atoms with van der Waals surface area (Å²) in [7, 11) is 0. The first-order chi connectivity index (χ1) is 2.81. The molecule has 54 valence electrons. The molecule has 0 atom stereocenters. The van der Waals surface area contributed by atoms with Crippen molar-refractivity contribution in [3.63, 3.8) is 0 Å². The first-order valence-corrected chi connectivity index (χ1v) is 1.63. The van der Waals surface area contributed by atoms with Crippen LogP contribution in [-0.2, 0) is 35.3 Å². The molecule has 0 aliphatic heterocycles. The van der Waals surface area contributed by atoms with Gasteiger partial charge in [-0.3, -0.25) is 0 Å². The zero-order valence-corrected chi connectivity index (χ0v) is 7.19. The normalized spacial score (nSPS) is 5.11. The Hall–Kier alpha value is 1.10. The van der Waals surface area contributed by atoms with E-state index in [1.807, 2.05) is 0 Å². The van der Waals surface area contributed by atoms with E-state index >= 15 is 0 Å². The number of nitrogens with two attached hydrogens (primary N) is 1. The second kappa shape index (κ2) is 16.0. The van der Waals surface area contributed by atoms with Crippen LogP contribution in [0.1, 0.15) is 0 Å². The van der Waals surface area contributed by atoms with E-state index in [1.54, 1.807) is 0 Å². The fraction of sp³-hybridized carbons (Fsp3) is 0.500. The maximum atomic E-state index is 9.70. The number of halogens is 1. The van der Waals surface area contributed by atoms with Crippen LogP contribution in [0.15, 0.2) is 0 Å². The summed E-state index contributed by atoms with van der Waals surface area (Å²) in [5.41, 5.74) is 4.72. The second-order valence-electron chi connectivity index (χ2n) is 0.653. The second-order valence-corrected chi connectivity index (χ2v) is 0.808. The largest absolute Gasteiger partial charge is 0.412 e. The Bertz CT molecular complexity index is 59.8. The molecule has 9 heavy (non-hydrogen) atoms. The van der Waals surface area contributed by atoms with E-state index in [2.05, 4.69) is 16.2 Å². The molecule has 0 radical (unpaired) electrons. The molecule has 7 heteroatoms. The molecule has 4 nitrogen and oxygen atoms in total. The van der Waals surface area contributed by atoms with Crippen molar-refractivity contribution in [1.29, 1.82) is 0 Å². The molecule has 0 spiro atoms. The minimum Gasteiger partial charge on any atom is -0.412 e. The van der Waals surface area contributed by atoms with Crippen molar-refractivity contribution in [2.24, 2.45) is 5.73 Å². The molecule has 0 amide bonds. The summed E-state index contributed by atoms with van der Waals surface area (Å²) in [6.45, 7) is -0.163. The fourth-order valence-electron chi connectivity index (χ4n) is 0.0315. The average molecular weight is 249 g/mol. The quantitative estimate of drug-likeness (QED) is 0.527. The van der Waals surface area contributed by atoms with Crippen LogP contribution in [0.25, 0.3) is 0 Å². The molecule has 0 heterocycles. The molecule has 0 aromatic heterocycles. The van der Waals surface area contributed by atoms with Crippen LogP contribution < -0.4 is 5.73 Å². The van der Waals surface area contributed by atoms with Crippen LogP contribution in [0.4, 0.5) is 0 Å². The van der Waals surface area contributed by atoms with Crippen molar-refractivity contribution in [3.05, 3.63) is 0 Å². The minimum atomic E-state index is -0.614. The minimum absolute atomic E-state index is 0. The van der Waals surface area contributed by atoms with Crippen LogP contribution in [0.2, 0.25) is 0 Å². The summed E-state index contributed by atoms with van der Waals surface area (Å²) < 4.78 is 3.61. The predicted octanol–water partition coefficient (Wildman–Crippen LogP) is -2.37. The Morgan fingerprint density at radius 1 is 1.67 bits per heavy atom. The van der Waals surface area contributed by atoms with Gasteiger partial charge >= 0.3 is 5.97 Å². The summed E-state index contributed by atoms with van der Waals surface area (Å²) in [4.78, 5) is 9.70. The first-order valence-electron chi connectivity index (χ1n) is 1.32. The molecule has 0 saturated heterocycles. The molecule has 0 rings (SSSR count). The van der Waals surface area contributed by atoms with Crippen molar-refractivity contribution >= 4 is 35.2 Å². The van der Waals surface area contributed by atoms with Crippen LogP contribution in [0.3, 0.4) is 0 Å². The number of carbonyl (C=O) groups excluding carboxylic acids is 1. The van der Waals surface area contributed by atoms with Gasteiger partial charge in [-0.15, -0.1) is 0 Å². The first kappa shape index (κ1) is 22.5. The third kappa shape index (κ3) is 17.6. The van der Waals surface area contributed by atoms with E-state index in [0.29, 0.717) is 0 Å². The maximum absolute atomic E-state index is 9.70. The van der Waals surface area contributed by atoms with Crippen molar-refractivity contribution in [3.8, 4) is 0 Å². The van der Waals surface area contributed by atoms with Crippen LogP contribution in [-0.4, -0.2) is 35.4 Å². The number of hydrogen-bond donors (Lipinski definition) is 1. The Labute approximate surface area is 87.8 Å². The molecular formula is C2H9AlClNO3Zr. The van der Waals surface area contributed by atoms with E-state index < -0.39 is 5.97 Å². The average Bonchev–Trinajstić information content (AvgIpc) is 1.65. The molecule has 0 fully saturated rings. The molecule has 0 aromatic carbocycles. The van der Waals surface area contributed by atoms with E-state index in [9.17, 15) is 4.79 Å². The molecule has 0 aliphatic carbocycles. The van der Waals surface area contributed by atoms with Gasteiger partial charge in [0.05, 0.1) is 6.54 Å². The van der Waals surface area contributed by atoms with Crippen molar-refractivity contribution < 1.29 is 40.8 Å². The van der Waals surface area contributed by atoms with Gasteiger partial charge < -0.3 is 15.5 Å². The molecule has 0 aliphatic rings. The number of rotatable bonds is 1. The van der Waals surface area contributed by atoms with Gasteiger partial charge in [-0.05, 0) is 0 Å². The van der Waals surface area contributed by atoms with Gasteiger partial charge in [-0.2, -0.15) is 0 Å². The molecule has 4 N–H and O–H groups in total. The van der Waals surface area contributed by atoms with E-state index in [-0.39, 0.29) is 55.6 Å². The topological polar surface area (TPSA) is 83.8 Å². The smallest absolute Gasteiger partial charge is 0.338 e. The molecule has 0 saturated carbocycles. The van der Waals surface area contributed by atoms with Gasteiger partial charge in [0, 0.05) is 26.2 Å². The molecule has 0 aromatic rings. The zero-order valence-electron chi connectivity index (χ0n) is 3.98. The third-order valence-corrected chi connectivity index (χ3v) is 0.425. The van der Waals surface area contributed by atoms with Crippen molar-refractivity contribution in [1.82, 2.24) is 0 Å². The fourth-order valence-corrected chi connectivity index (χ4v) is 0.0945. The van der Waals surface area contributed by atoms with E-state index in [4.69, 9.17) is 5.73 Å². The Balaban J connectivity index is -0.0000000417. The Kier molecular flexibility index (Phi) is 40.1. The SMILES string of the molecule is NCC(=O)OCl.O.[AlH3].[Zr]. The third-order valence-electron chi connectivity index (χ3n) is 0.253. The van der Waals surface area contributed by atoms with Gasteiger partial charge in [-0.1, -0.05) is 0 Å². The summed E-state index contributed by atoms with van der Waals surface area (Å²) in [6, 6.07) is 0. The van der Waals surface area contributed by atoms with Crippen LogP contribution in [0, 0.1) is 0 Å². The van der Waals surface area contributed by atoms with Gasteiger partial charge in [0.25, 0.3) is 0 Å². The number of hydrogen-bond acceptors (Lipinski definition) is 3. The standard InChI is InChI=1S/C2H4ClNO2.Al.H2O.Zr.3H/c3-6-2(5)1-4;;;;;;/h1,4H2;;1H2;;;;. The van der Waals surface area contributed by atoms with Crippen molar-refractivity contribution in [2.45, 2.75) is 0 Å². The van der Waals surface area contributed by atoms with E-state index in [1.165, 1.54) is 0 Å². The molecule has 0 unspecified atom stereocenters. The predicted molar refractivity (Wildman–Crippen MR) is 34.6 cm³/mol. The van der Waals surface area contributed by atoms with Crippen molar-refractivity contribution in [2.75, 3.05) is 6.54 Å². The molecule has 0 bridgehead atoms. The summed E-state index contributed by atoms with van der Waals surface area (Å²) in [5, 5.41) is 0. The summed E-state index contributed by atoms with van der Waals surface area (Å²) in [6.07, 6.45) is 0. The summed E-state index contributed by atoms with van der Waals surface area (Å²) >= 11 is 4.52. The van der Waals surface area contributed by atoms with Crippen LogP contribution in [0.5, 0.6) is 0 Å². The number of carbonyl (C=O) groups is 1. The van der Waals surface area contributed by atoms with Gasteiger partial charge in [0.15, 0.2) is 17.4 Å². The monoisotopic (exact) mass is 247 g/mol. The van der Waals surface area contributed by atoms with E-state index in [0.717, 1.165) is 0 Å². The summed E-state index contributed by atoms with van der Waals surface area (Å²) in [5.74, 6) is -0.614. The Morgan fingerprint density at radius 2 is 2.00 bits per heavy atom. The Morgan fingerprint density at radius 3 is 2.00 bits per heavy atom. The molecular weight excluding hydrogens is 240 g/mol. The van der Waals surface area contributed by atoms with Gasteiger partial charge in [0.1, 0.15) is 11.9 Å². The van der Waals surface area contributed by atoms with Crippen LogP contribution >= 0.6 is 11.9 Å². The maximum Gasteiger partial charge on any atom is 0.338 e.